The topological polar surface area (TPSA) is 71.4 Å². The van der Waals surface area contributed by atoms with Gasteiger partial charge in [-0.2, -0.15) is 5.10 Å². The van der Waals surface area contributed by atoms with Crippen LogP contribution in [0, 0.1) is 0 Å². The van der Waals surface area contributed by atoms with Crippen LogP contribution in [0.3, 0.4) is 0 Å². The van der Waals surface area contributed by atoms with Gasteiger partial charge in [0, 0.05) is 33.3 Å². The summed E-state index contributed by atoms with van der Waals surface area (Å²) in [5.74, 6) is 0.0131. The van der Waals surface area contributed by atoms with E-state index in [1.54, 1.807) is 17.9 Å². The standard InChI is InChI=1S/C16H25N5O2S/c1-20-14(15(22)21-7-3-2-4-8-21)13(11-18-20)19-16(24)17-10-12-6-5-9-23-12/h11-12H,2-10H2,1H3,(H2,17,19,24). The van der Waals surface area contributed by atoms with Gasteiger partial charge in [-0.3, -0.25) is 9.48 Å². The van der Waals surface area contributed by atoms with Crippen LogP contribution >= 0.6 is 12.2 Å². The average Bonchev–Trinajstić information content (AvgIpc) is 3.23. The van der Waals surface area contributed by atoms with Gasteiger partial charge >= 0.3 is 0 Å². The Morgan fingerprint density at radius 1 is 1.38 bits per heavy atom. The van der Waals surface area contributed by atoms with Crippen LogP contribution in [0.2, 0.25) is 0 Å². The summed E-state index contributed by atoms with van der Waals surface area (Å²) in [6.07, 6.45) is 7.34. The molecule has 0 spiro atoms. The van der Waals surface area contributed by atoms with E-state index in [1.165, 1.54) is 6.42 Å². The van der Waals surface area contributed by atoms with Crippen molar-refractivity contribution in [3.63, 3.8) is 0 Å². The minimum atomic E-state index is 0.0131. The third kappa shape index (κ3) is 4.05. The molecule has 0 saturated carbocycles. The number of carbonyl (C=O) groups excluding carboxylic acids is 1. The smallest absolute Gasteiger partial charge is 0.274 e. The second kappa shape index (κ2) is 7.94. The highest BCUT2D eigenvalue weighted by atomic mass is 32.1. The number of ether oxygens (including phenoxy) is 1. The summed E-state index contributed by atoms with van der Waals surface area (Å²) in [4.78, 5) is 14.7. The number of hydrogen-bond acceptors (Lipinski definition) is 4. The lowest BCUT2D eigenvalue weighted by molar-refractivity contribution is 0.0714. The van der Waals surface area contributed by atoms with Crippen molar-refractivity contribution in [1.82, 2.24) is 20.0 Å². The van der Waals surface area contributed by atoms with Gasteiger partial charge in [0.15, 0.2) is 5.11 Å². The van der Waals surface area contributed by atoms with Crippen LogP contribution in [0.4, 0.5) is 5.69 Å². The Morgan fingerprint density at radius 2 is 2.17 bits per heavy atom. The lowest BCUT2D eigenvalue weighted by Crippen LogP contribution is -2.38. The summed E-state index contributed by atoms with van der Waals surface area (Å²) in [7, 11) is 1.78. The molecule has 132 valence electrons. The molecule has 0 bridgehead atoms. The number of carbonyl (C=O) groups is 1. The van der Waals surface area contributed by atoms with Gasteiger partial charge in [0.25, 0.3) is 5.91 Å². The van der Waals surface area contributed by atoms with Crippen LogP contribution in [0.1, 0.15) is 42.6 Å². The van der Waals surface area contributed by atoms with E-state index in [-0.39, 0.29) is 12.0 Å². The Kier molecular flexibility index (Phi) is 5.68. The van der Waals surface area contributed by atoms with Crippen molar-refractivity contribution in [3.8, 4) is 0 Å². The van der Waals surface area contributed by atoms with E-state index in [2.05, 4.69) is 15.7 Å². The number of piperidine rings is 1. The van der Waals surface area contributed by atoms with E-state index in [9.17, 15) is 4.79 Å². The van der Waals surface area contributed by atoms with Gasteiger partial charge < -0.3 is 20.3 Å². The molecular weight excluding hydrogens is 326 g/mol. The van der Waals surface area contributed by atoms with Gasteiger partial charge in [0.1, 0.15) is 5.69 Å². The van der Waals surface area contributed by atoms with E-state index in [4.69, 9.17) is 17.0 Å². The van der Waals surface area contributed by atoms with Crippen LogP contribution < -0.4 is 10.6 Å². The van der Waals surface area contributed by atoms with Crippen LogP contribution in [-0.4, -0.2) is 58.0 Å². The van der Waals surface area contributed by atoms with Gasteiger partial charge in [0.2, 0.25) is 0 Å². The fraction of sp³-hybridized carbons (Fsp3) is 0.688. The maximum atomic E-state index is 12.8. The molecule has 0 aromatic carbocycles. The summed E-state index contributed by atoms with van der Waals surface area (Å²) < 4.78 is 7.18. The fourth-order valence-electron chi connectivity index (χ4n) is 3.21. The summed E-state index contributed by atoms with van der Waals surface area (Å²) in [5, 5.41) is 11.0. The van der Waals surface area contributed by atoms with E-state index >= 15 is 0 Å². The highest BCUT2D eigenvalue weighted by molar-refractivity contribution is 7.80. The molecule has 1 aromatic heterocycles. The zero-order valence-electron chi connectivity index (χ0n) is 14.1. The van der Waals surface area contributed by atoms with Crippen LogP contribution in [0.15, 0.2) is 6.20 Å². The van der Waals surface area contributed by atoms with Gasteiger partial charge in [-0.05, 0) is 44.3 Å². The van der Waals surface area contributed by atoms with Gasteiger partial charge in [-0.15, -0.1) is 0 Å². The number of likely N-dealkylation sites (tertiary alicyclic amines) is 1. The zero-order valence-corrected chi connectivity index (χ0v) is 14.9. The third-order valence-corrected chi connectivity index (χ3v) is 4.79. The second-order valence-corrected chi connectivity index (χ2v) is 6.76. The SMILES string of the molecule is Cn1ncc(NC(=S)NCC2CCCO2)c1C(=O)N1CCCCC1. The minimum absolute atomic E-state index is 0.0131. The fourth-order valence-corrected chi connectivity index (χ4v) is 3.40. The molecule has 7 nitrogen and oxygen atoms in total. The first-order valence-corrected chi connectivity index (χ1v) is 9.03. The van der Waals surface area contributed by atoms with Crippen molar-refractivity contribution in [3.05, 3.63) is 11.9 Å². The first-order chi connectivity index (χ1) is 11.6. The number of thiocarbonyl (C=S) groups is 1. The van der Waals surface area contributed by atoms with Crippen molar-refractivity contribution >= 4 is 28.9 Å². The van der Waals surface area contributed by atoms with Crippen LogP contribution in [-0.2, 0) is 11.8 Å². The maximum Gasteiger partial charge on any atom is 0.274 e. The molecule has 2 aliphatic heterocycles. The molecule has 2 saturated heterocycles. The molecule has 1 amide bonds. The van der Waals surface area contributed by atoms with E-state index < -0.39 is 0 Å². The van der Waals surface area contributed by atoms with Gasteiger partial charge in [0.05, 0.1) is 18.0 Å². The lowest BCUT2D eigenvalue weighted by atomic mass is 10.1. The Bertz CT molecular complexity index is 591. The summed E-state index contributed by atoms with van der Waals surface area (Å²) in [6.45, 7) is 3.13. The molecular formula is C16H25N5O2S. The third-order valence-electron chi connectivity index (χ3n) is 4.55. The van der Waals surface area contributed by atoms with Crippen LogP contribution in [0.5, 0.6) is 0 Å². The van der Waals surface area contributed by atoms with Crippen molar-refractivity contribution in [1.29, 1.82) is 0 Å². The Balaban J connectivity index is 1.61. The van der Waals surface area contributed by atoms with Gasteiger partial charge in [-0.25, -0.2) is 0 Å². The molecule has 3 rings (SSSR count). The van der Waals surface area contributed by atoms with Gasteiger partial charge in [-0.1, -0.05) is 0 Å². The molecule has 0 radical (unpaired) electrons. The minimum Gasteiger partial charge on any atom is -0.376 e. The Morgan fingerprint density at radius 3 is 2.88 bits per heavy atom. The predicted molar refractivity (Wildman–Crippen MR) is 96.2 cm³/mol. The normalized spacial score (nSPS) is 20.9. The molecule has 1 aromatic rings. The van der Waals surface area contributed by atoms with Crippen molar-refractivity contribution in [2.45, 2.75) is 38.2 Å². The maximum absolute atomic E-state index is 12.8. The van der Waals surface area contributed by atoms with E-state index in [0.717, 1.165) is 45.4 Å². The number of aryl methyl sites for hydroxylation is 1. The number of nitrogens with zero attached hydrogens (tertiary/aromatic N) is 3. The number of aromatic nitrogens is 2. The van der Waals surface area contributed by atoms with Crippen LogP contribution in [0.25, 0.3) is 0 Å². The molecule has 2 fully saturated rings. The Hall–Kier alpha value is -1.67. The van der Waals surface area contributed by atoms with Crippen molar-refractivity contribution < 1.29 is 9.53 Å². The first kappa shape index (κ1) is 17.2. The molecule has 1 unspecified atom stereocenters. The summed E-state index contributed by atoms with van der Waals surface area (Å²) in [6, 6.07) is 0. The van der Waals surface area contributed by atoms with E-state index in [0.29, 0.717) is 23.0 Å². The number of hydrogen-bond donors (Lipinski definition) is 2. The Labute approximate surface area is 147 Å². The first-order valence-electron chi connectivity index (χ1n) is 8.63. The molecule has 2 N–H and O–H groups in total. The number of rotatable bonds is 4. The van der Waals surface area contributed by atoms with Crippen molar-refractivity contribution in [2.24, 2.45) is 7.05 Å². The molecule has 3 heterocycles. The predicted octanol–water partition coefficient (Wildman–Crippen LogP) is 1.51. The van der Waals surface area contributed by atoms with E-state index in [1.807, 2.05) is 4.90 Å². The zero-order chi connectivity index (χ0) is 16.9. The monoisotopic (exact) mass is 351 g/mol. The number of nitrogens with one attached hydrogen (secondary N) is 2. The molecule has 24 heavy (non-hydrogen) atoms. The highest BCUT2D eigenvalue weighted by Crippen LogP contribution is 2.19. The molecule has 0 aliphatic carbocycles. The lowest BCUT2D eigenvalue weighted by Gasteiger charge is -2.27. The molecule has 2 aliphatic rings. The summed E-state index contributed by atoms with van der Waals surface area (Å²) in [5.41, 5.74) is 1.20. The average molecular weight is 351 g/mol. The quantitative estimate of drug-likeness (QED) is 0.802. The number of anilines is 1. The number of amides is 1. The highest BCUT2D eigenvalue weighted by Gasteiger charge is 2.24. The largest absolute Gasteiger partial charge is 0.376 e. The molecule has 8 heteroatoms. The van der Waals surface area contributed by atoms with Crippen molar-refractivity contribution in [2.75, 3.05) is 31.6 Å². The summed E-state index contributed by atoms with van der Waals surface area (Å²) >= 11 is 5.34. The molecule has 1 atom stereocenters. The second-order valence-electron chi connectivity index (χ2n) is 6.35.